The molecule has 0 aliphatic carbocycles. The van der Waals surface area contributed by atoms with E-state index in [4.69, 9.17) is 19.0 Å². The van der Waals surface area contributed by atoms with Crippen LogP contribution in [0.1, 0.15) is 107 Å². The monoisotopic (exact) mass is 725 g/mol. The molecule has 0 amide bonds. The van der Waals surface area contributed by atoms with Crippen molar-refractivity contribution in [2.75, 3.05) is 20.3 Å². The molecule has 2 aromatic heterocycles. The molecule has 8 atom stereocenters. The van der Waals surface area contributed by atoms with Crippen LogP contribution in [0.5, 0.6) is 0 Å². The fourth-order valence-corrected chi connectivity index (χ4v) is 8.77. The molecule has 0 aromatic carbocycles. The van der Waals surface area contributed by atoms with Gasteiger partial charge in [0.25, 0.3) is 0 Å². The Kier molecular flexibility index (Phi) is 13.1. The number of hydrogen-bond acceptors (Lipinski definition) is 8. The summed E-state index contributed by atoms with van der Waals surface area (Å²) in [5.74, 6) is 0.220. The van der Waals surface area contributed by atoms with Gasteiger partial charge in [0.2, 0.25) is 0 Å². The molecule has 1 unspecified atom stereocenters. The number of Topliss-reactive ketones (excluding diaryl/α,β-unsaturated/α-hetero) is 1. The van der Waals surface area contributed by atoms with Crippen LogP contribution in [0, 0.1) is 23.2 Å². The highest BCUT2D eigenvalue weighted by Crippen LogP contribution is 2.49. The number of ether oxygens (including phenoxy) is 2. The molecule has 2 aromatic rings. The molecule has 286 valence electrons. The van der Waals surface area contributed by atoms with Gasteiger partial charge in [-0.2, -0.15) is 10.2 Å². The fourth-order valence-electron chi connectivity index (χ4n) is 7.73. The first-order chi connectivity index (χ1) is 23.7. The lowest BCUT2D eigenvalue weighted by atomic mass is 9.70. The van der Waals surface area contributed by atoms with Crippen LogP contribution in [-0.4, -0.2) is 88.6 Å². The average molecular weight is 726 g/mol. The molecular formula is C40H67N5O5Si. The van der Waals surface area contributed by atoms with Crippen LogP contribution in [0.4, 0.5) is 0 Å². The van der Waals surface area contributed by atoms with Crippen LogP contribution < -0.4 is 0 Å². The third-order valence-corrected chi connectivity index (χ3v) is 17.4. The van der Waals surface area contributed by atoms with Crippen molar-refractivity contribution in [1.29, 1.82) is 0 Å². The fraction of sp³-hybridized carbons (Fsp3) is 0.750. The third kappa shape index (κ3) is 9.69. The summed E-state index contributed by atoms with van der Waals surface area (Å²) in [5, 5.41) is 9.19. The maximum Gasteiger partial charge on any atom is 0.309 e. The first-order valence-corrected chi connectivity index (χ1v) is 22.0. The second kappa shape index (κ2) is 16.2. The Balaban J connectivity index is 1.64. The quantitative estimate of drug-likeness (QED) is 0.147. The number of esters is 1. The molecule has 2 fully saturated rings. The highest BCUT2D eigenvalue weighted by atomic mass is 28.4. The first kappa shape index (κ1) is 41.2. The molecule has 4 heterocycles. The van der Waals surface area contributed by atoms with E-state index >= 15 is 0 Å². The number of carbonyl (C=O) groups is 2. The number of carbonyl (C=O) groups excluding carboxylic acids is 2. The molecule has 51 heavy (non-hydrogen) atoms. The molecule has 0 N–H and O–H groups in total. The molecule has 11 heteroatoms. The van der Waals surface area contributed by atoms with E-state index in [0.29, 0.717) is 25.6 Å². The Hall–Kier alpha value is -2.60. The highest BCUT2D eigenvalue weighted by Gasteiger charge is 2.58. The van der Waals surface area contributed by atoms with Gasteiger partial charge in [-0.15, -0.1) is 0 Å². The first-order valence-electron chi connectivity index (χ1n) is 19.1. The van der Waals surface area contributed by atoms with E-state index < -0.39 is 25.9 Å². The van der Waals surface area contributed by atoms with E-state index in [1.807, 2.05) is 67.7 Å². The minimum atomic E-state index is -1.90. The smallest absolute Gasteiger partial charge is 0.309 e. The minimum absolute atomic E-state index is 0.000173. The summed E-state index contributed by atoms with van der Waals surface area (Å²) >= 11 is 0. The zero-order chi connectivity index (χ0) is 37.9. The van der Waals surface area contributed by atoms with Crippen LogP contribution in [0.25, 0.3) is 6.08 Å². The Labute approximate surface area is 308 Å². The molecule has 0 saturated carbocycles. The maximum atomic E-state index is 14.0. The highest BCUT2D eigenvalue weighted by molar-refractivity contribution is 6.74. The van der Waals surface area contributed by atoms with E-state index in [2.05, 4.69) is 64.6 Å². The number of nitrogens with zero attached hydrogens (tertiary/aromatic N) is 5. The number of rotatable bonds is 9. The lowest BCUT2D eigenvalue weighted by molar-refractivity contribution is -0.155. The minimum Gasteiger partial charge on any atom is -0.458 e. The van der Waals surface area contributed by atoms with Crippen LogP contribution >= 0.6 is 0 Å². The Morgan fingerprint density at radius 3 is 2.45 bits per heavy atom. The number of cyclic esters (lactones) is 1. The predicted molar refractivity (Wildman–Crippen MR) is 206 cm³/mol. The number of hydrogen-bond donors (Lipinski definition) is 0. The molecular weight excluding hydrogens is 659 g/mol. The summed E-state index contributed by atoms with van der Waals surface area (Å²) < 4.78 is 22.6. The number of methoxy groups -OCH3 is 1. The van der Waals surface area contributed by atoms with Gasteiger partial charge in [0.1, 0.15) is 18.6 Å². The molecule has 2 saturated heterocycles. The summed E-state index contributed by atoms with van der Waals surface area (Å²) in [7, 11) is -0.313. The summed E-state index contributed by atoms with van der Waals surface area (Å²) in [4.78, 5) is 30.4. The van der Waals surface area contributed by atoms with Crippen molar-refractivity contribution >= 4 is 26.1 Å². The van der Waals surface area contributed by atoms with E-state index in [0.717, 1.165) is 37.1 Å². The zero-order valence-corrected chi connectivity index (χ0v) is 34.9. The van der Waals surface area contributed by atoms with Crippen molar-refractivity contribution < 1.29 is 23.5 Å². The van der Waals surface area contributed by atoms with Gasteiger partial charge >= 0.3 is 5.97 Å². The summed E-state index contributed by atoms with van der Waals surface area (Å²) in [6.45, 7) is 28.2. The Bertz CT molecular complexity index is 1490. The molecule has 10 nitrogen and oxygen atoms in total. The lowest BCUT2D eigenvalue weighted by Gasteiger charge is -2.36. The predicted octanol–water partition coefficient (Wildman–Crippen LogP) is 7.85. The molecule has 2 aliphatic rings. The van der Waals surface area contributed by atoms with Gasteiger partial charge in [0, 0.05) is 62.8 Å². The maximum absolute atomic E-state index is 14.0. The molecule has 2 aliphatic heterocycles. The van der Waals surface area contributed by atoms with Crippen molar-refractivity contribution in [2.45, 2.75) is 150 Å². The molecule has 0 radical (unpaired) electrons. The zero-order valence-electron chi connectivity index (χ0n) is 33.9. The van der Waals surface area contributed by atoms with Gasteiger partial charge in [-0.05, 0) is 74.0 Å². The van der Waals surface area contributed by atoms with E-state index in [-0.39, 0.29) is 46.6 Å². The van der Waals surface area contributed by atoms with Crippen molar-refractivity contribution in [2.24, 2.45) is 23.2 Å². The van der Waals surface area contributed by atoms with E-state index in [1.54, 1.807) is 13.3 Å². The average Bonchev–Trinajstić information content (AvgIpc) is 3.46. The van der Waals surface area contributed by atoms with Crippen LogP contribution in [0.2, 0.25) is 18.1 Å². The van der Waals surface area contributed by atoms with Gasteiger partial charge in [0.15, 0.2) is 8.32 Å². The van der Waals surface area contributed by atoms with Gasteiger partial charge in [-0.3, -0.25) is 23.9 Å². The van der Waals surface area contributed by atoms with Crippen LogP contribution in [0.3, 0.4) is 0 Å². The van der Waals surface area contributed by atoms with Gasteiger partial charge in [-0.25, -0.2) is 0 Å². The van der Waals surface area contributed by atoms with Crippen molar-refractivity contribution in [1.82, 2.24) is 24.5 Å². The number of ketones is 1. The van der Waals surface area contributed by atoms with E-state index in [9.17, 15) is 9.59 Å². The van der Waals surface area contributed by atoms with Gasteiger partial charge in [0.05, 0.1) is 23.6 Å². The van der Waals surface area contributed by atoms with E-state index in [1.165, 1.54) is 0 Å². The normalized spacial score (nSPS) is 31.6. The van der Waals surface area contributed by atoms with Crippen molar-refractivity contribution in [3.63, 3.8) is 0 Å². The van der Waals surface area contributed by atoms with Crippen molar-refractivity contribution in [3.8, 4) is 0 Å². The summed E-state index contributed by atoms with van der Waals surface area (Å²) in [6.07, 6.45) is 10.4. The topological polar surface area (TPSA) is 100 Å². The lowest BCUT2D eigenvalue weighted by Crippen LogP contribution is -2.45. The van der Waals surface area contributed by atoms with Gasteiger partial charge in [-0.1, -0.05) is 68.2 Å². The largest absolute Gasteiger partial charge is 0.458 e. The second-order valence-corrected chi connectivity index (χ2v) is 22.6. The number of fused-ring (bicyclic) bond motifs is 1. The molecule has 4 rings (SSSR count). The summed E-state index contributed by atoms with van der Waals surface area (Å²) in [5.41, 5.74) is 0.835. The van der Waals surface area contributed by atoms with Crippen LogP contribution in [0.15, 0.2) is 36.3 Å². The summed E-state index contributed by atoms with van der Waals surface area (Å²) in [6, 6.07) is 4.09. The Morgan fingerprint density at radius 1 is 1.12 bits per heavy atom. The SMILES string of the molecule is CO[C@H]1CC(=O)O[C@H](/C(C)=C/c2ccn(Cn3cccn3)n2)C[C@@H]2N(CCO[Si](C)(C)C(C)(C)C)[C@]2(C)CCC[C@H](C)[C@H](C)[C@@H](C)C(=O)C1(C)C. The molecule has 0 spiro atoms. The second-order valence-electron chi connectivity index (χ2n) is 17.8. The Morgan fingerprint density at radius 2 is 1.82 bits per heavy atom. The van der Waals surface area contributed by atoms with Gasteiger partial charge < -0.3 is 13.9 Å². The molecule has 0 bridgehead atoms. The standard InChI is InChI=1S/C40H67N5O5Si/c1-28-16-14-18-40(10)34(45(40)22-23-49-51(12,13)38(5,6)7)25-33(29(2)24-32-17-21-44(42-32)27-43-20-15-19-41-43)50-36(46)26-35(48-11)39(8,9)37(47)31(4)30(28)3/h15,17,19-21,24,28,30-31,33-35H,14,16,18,22-23,25-27H2,1-13H3/b29-24+/t28-,30-,31+,33-,34-,35-,40+,45?/m0/s1. The number of aromatic nitrogens is 4. The third-order valence-electron chi connectivity index (χ3n) is 12.9. The van der Waals surface area contributed by atoms with Crippen LogP contribution in [-0.2, 0) is 30.2 Å². The van der Waals surface area contributed by atoms with Crippen molar-refractivity contribution in [3.05, 3.63) is 42.0 Å².